The van der Waals surface area contributed by atoms with Gasteiger partial charge in [-0.3, -0.25) is 19.1 Å². The summed E-state index contributed by atoms with van der Waals surface area (Å²) in [6, 6.07) is 1.000. The van der Waals surface area contributed by atoms with Crippen molar-refractivity contribution in [3.63, 3.8) is 0 Å². The predicted octanol–water partition coefficient (Wildman–Crippen LogP) is -3.11. The summed E-state index contributed by atoms with van der Waals surface area (Å²) >= 11 is 0. The summed E-state index contributed by atoms with van der Waals surface area (Å²) in [6.45, 7) is 0.533. The Morgan fingerprint density at radius 3 is 2.70 bits per heavy atom. The topological polar surface area (TPSA) is 142 Å². The number of ether oxygens (including phenoxy) is 1. The number of aromatic nitrogens is 2. The highest BCUT2D eigenvalue weighted by atomic mass is 16.6. The van der Waals surface area contributed by atoms with Crippen molar-refractivity contribution in [2.45, 2.75) is 30.5 Å². The molecule has 0 aromatic carbocycles. The summed E-state index contributed by atoms with van der Waals surface area (Å²) in [6.07, 6.45) is -1.91. The summed E-state index contributed by atoms with van der Waals surface area (Å²) < 4.78 is 6.06. The molecular weight excluding hydrogens is 272 g/mol. The molecule has 0 unspecified atom stereocenters. The largest absolute Gasteiger partial charge is 0.394 e. The lowest BCUT2D eigenvalue weighted by Crippen LogP contribution is -2.60. The molecule has 9 heteroatoms. The Bertz CT molecular complexity index is 638. The van der Waals surface area contributed by atoms with Gasteiger partial charge in [-0.15, -0.1) is 0 Å². The second-order valence-corrected chi connectivity index (χ2v) is 4.69. The van der Waals surface area contributed by atoms with Crippen LogP contribution in [-0.2, 0) is 15.3 Å². The zero-order valence-corrected chi connectivity index (χ0v) is 10.5. The van der Waals surface area contributed by atoms with Crippen LogP contribution in [0.1, 0.15) is 6.92 Å². The molecule has 1 saturated heterocycles. The molecule has 110 valence electrons. The Hall–Kier alpha value is -1.81. The lowest BCUT2D eigenvalue weighted by molar-refractivity contribution is -0.183. The van der Waals surface area contributed by atoms with Gasteiger partial charge in [0.25, 0.3) is 5.56 Å². The highest BCUT2D eigenvalue weighted by Gasteiger charge is 2.64. The summed E-state index contributed by atoms with van der Waals surface area (Å²) in [4.78, 5) is 36.0. The van der Waals surface area contributed by atoms with Crippen LogP contribution in [0.4, 0.5) is 0 Å². The molecule has 4 atom stereocenters. The minimum atomic E-state index is -2.46. The number of rotatable bonds is 3. The van der Waals surface area contributed by atoms with Crippen molar-refractivity contribution >= 4 is 6.29 Å². The lowest BCUT2D eigenvalue weighted by atomic mass is 9.88. The quantitative estimate of drug-likeness (QED) is 0.431. The van der Waals surface area contributed by atoms with Crippen molar-refractivity contribution in [3.8, 4) is 0 Å². The van der Waals surface area contributed by atoms with Crippen molar-refractivity contribution in [2.75, 3.05) is 6.61 Å². The minimum absolute atomic E-state index is 0.0465. The number of aliphatic hydroxyl groups excluding tert-OH is 2. The maximum atomic E-state index is 11.8. The van der Waals surface area contributed by atoms with E-state index < -0.39 is 41.4 Å². The number of hydrogen-bond acceptors (Lipinski definition) is 7. The fraction of sp³-hybridized carbons (Fsp3) is 0.545. The Morgan fingerprint density at radius 1 is 1.55 bits per heavy atom. The third-order valence-corrected chi connectivity index (χ3v) is 3.57. The molecular formula is C11H14N2O7. The van der Waals surface area contributed by atoms with Gasteiger partial charge in [0.2, 0.25) is 0 Å². The van der Waals surface area contributed by atoms with Gasteiger partial charge in [-0.05, 0) is 6.92 Å². The molecule has 0 spiro atoms. The maximum absolute atomic E-state index is 11.8. The third kappa shape index (κ3) is 1.75. The Morgan fingerprint density at radius 2 is 2.20 bits per heavy atom. The van der Waals surface area contributed by atoms with Crippen molar-refractivity contribution in [1.82, 2.24) is 9.55 Å². The molecule has 2 heterocycles. The van der Waals surface area contributed by atoms with Crippen LogP contribution in [0.3, 0.4) is 0 Å². The smallest absolute Gasteiger partial charge is 0.330 e. The number of nitrogens with zero attached hydrogens (tertiary/aromatic N) is 1. The van der Waals surface area contributed by atoms with Crippen LogP contribution in [-0.4, -0.2) is 55.6 Å². The van der Waals surface area contributed by atoms with Crippen LogP contribution in [0.25, 0.3) is 0 Å². The van der Waals surface area contributed by atoms with Gasteiger partial charge >= 0.3 is 5.69 Å². The first-order valence-corrected chi connectivity index (χ1v) is 5.78. The molecule has 2 rings (SSSR count). The molecule has 0 bridgehead atoms. The van der Waals surface area contributed by atoms with E-state index in [0.717, 1.165) is 16.8 Å². The molecule has 0 aliphatic carbocycles. The first kappa shape index (κ1) is 14.6. The lowest BCUT2D eigenvalue weighted by Gasteiger charge is -2.35. The maximum Gasteiger partial charge on any atom is 0.330 e. The summed E-state index contributed by atoms with van der Waals surface area (Å²) in [5, 5.41) is 29.3. The van der Waals surface area contributed by atoms with E-state index >= 15 is 0 Å². The predicted molar refractivity (Wildman–Crippen MR) is 64.0 cm³/mol. The van der Waals surface area contributed by atoms with E-state index in [1.807, 2.05) is 4.98 Å². The molecule has 1 aromatic rings. The van der Waals surface area contributed by atoms with Crippen LogP contribution in [0.5, 0.6) is 0 Å². The number of nitrogens with one attached hydrogen (secondary N) is 1. The van der Waals surface area contributed by atoms with E-state index in [2.05, 4.69) is 0 Å². The minimum Gasteiger partial charge on any atom is -0.394 e. The summed E-state index contributed by atoms with van der Waals surface area (Å²) in [5.41, 5.74) is -6.02. The molecule has 20 heavy (non-hydrogen) atoms. The number of aldehydes is 1. The highest BCUT2D eigenvalue weighted by molar-refractivity contribution is 5.66. The molecule has 0 radical (unpaired) electrons. The van der Waals surface area contributed by atoms with E-state index in [-0.39, 0.29) is 6.29 Å². The molecule has 4 N–H and O–H groups in total. The molecule has 9 nitrogen and oxygen atoms in total. The zero-order valence-electron chi connectivity index (χ0n) is 10.5. The van der Waals surface area contributed by atoms with Gasteiger partial charge in [0, 0.05) is 12.3 Å². The molecule has 1 aliphatic heterocycles. The fourth-order valence-corrected chi connectivity index (χ4v) is 2.33. The van der Waals surface area contributed by atoms with Gasteiger partial charge in [0.15, 0.2) is 17.6 Å². The van der Waals surface area contributed by atoms with Gasteiger partial charge < -0.3 is 20.1 Å². The highest BCUT2D eigenvalue weighted by Crippen LogP contribution is 2.41. The van der Waals surface area contributed by atoms with Gasteiger partial charge in [0.1, 0.15) is 12.2 Å². The van der Waals surface area contributed by atoms with Crippen molar-refractivity contribution < 1.29 is 24.9 Å². The van der Waals surface area contributed by atoms with Gasteiger partial charge in [-0.2, -0.15) is 0 Å². The summed E-state index contributed by atoms with van der Waals surface area (Å²) in [7, 11) is 0. The van der Waals surface area contributed by atoms with Crippen LogP contribution in [0.2, 0.25) is 0 Å². The third-order valence-electron chi connectivity index (χ3n) is 3.57. The number of aromatic amines is 1. The van der Waals surface area contributed by atoms with Crippen LogP contribution in [0, 0.1) is 0 Å². The molecule has 1 aliphatic rings. The van der Waals surface area contributed by atoms with Gasteiger partial charge in [-0.25, -0.2) is 4.79 Å². The van der Waals surface area contributed by atoms with E-state index in [1.54, 1.807) is 0 Å². The van der Waals surface area contributed by atoms with Crippen LogP contribution in [0.15, 0.2) is 21.9 Å². The average molecular weight is 286 g/mol. The number of carbonyl (C=O) groups is 1. The van der Waals surface area contributed by atoms with Gasteiger partial charge in [-0.1, -0.05) is 0 Å². The SMILES string of the molecule is C[C@@]1(n2ccc(=O)[nH]c2=O)O[C@H](CO)[C@@H](O)[C@]1(O)C=O. The number of aliphatic hydroxyl groups is 3. The number of hydrogen-bond donors (Lipinski definition) is 4. The van der Waals surface area contributed by atoms with E-state index in [1.165, 1.54) is 6.92 Å². The van der Waals surface area contributed by atoms with E-state index in [9.17, 15) is 24.6 Å². The first-order chi connectivity index (χ1) is 9.30. The van der Waals surface area contributed by atoms with Crippen LogP contribution < -0.4 is 11.2 Å². The van der Waals surface area contributed by atoms with Crippen molar-refractivity contribution in [2.24, 2.45) is 0 Å². The number of carbonyl (C=O) groups excluding carboxylic acids is 1. The Balaban J connectivity index is 2.65. The molecule has 1 aromatic heterocycles. The van der Waals surface area contributed by atoms with Crippen molar-refractivity contribution in [1.29, 1.82) is 0 Å². The normalized spacial score (nSPS) is 37.0. The molecule has 1 fully saturated rings. The monoisotopic (exact) mass is 286 g/mol. The Labute approximate surface area is 112 Å². The fourth-order valence-electron chi connectivity index (χ4n) is 2.33. The van der Waals surface area contributed by atoms with Crippen LogP contribution >= 0.6 is 0 Å². The Kier molecular flexibility index (Phi) is 3.38. The van der Waals surface area contributed by atoms with Crippen molar-refractivity contribution in [3.05, 3.63) is 33.1 Å². The van der Waals surface area contributed by atoms with E-state index in [0.29, 0.717) is 0 Å². The van der Waals surface area contributed by atoms with Gasteiger partial charge in [0.05, 0.1) is 6.61 Å². The zero-order chi connectivity index (χ0) is 15.1. The standard InChI is InChI=1S/C11H14N2O7/c1-10(13-3-2-7(16)12-9(13)18)11(19,5-15)8(17)6(4-14)20-10/h2-3,5-6,8,14,17,19H,4H2,1H3,(H,12,16,18)/t6-,8-,10-,11-/m1/s1. The van der Waals surface area contributed by atoms with E-state index in [4.69, 9.17) is 9.84 Å². The second kappa shape index (κ2) is 4.63. The second-order valence-electron chi connectivity index (χ2n) is 4.69. The average Bonchev–Trinajstić information content (AvgIpc) is 2.61. The summed E-state index contributed by atoms with van der Waals surface area (Å²) in [5.74, 6) is 0. The number of H-pyrrole nitrogens is 1. The molecule has 0 saturated carbocycles. The molecule has 0 amide bonds. The first-order valence-electron chi connectivity index (χ1n) is 5.78.